The van der Waals surface area contributed by atoms with Crippen LogP contribution in [0.15, 0.2) is 4.99 Å². The van der Waals surface area contributed by atoms with Crippen molar-refractivity contribution in [1.82, 2.24) is 15.5 Å². The van der Waals surface area contributed by atoms with Crippen LogP contribution in [0, 0.1) is 11.3 Å². The van der Waals surface area contributed by atoms with Gasteiger partial charge in [0.2, 0.25) is 0 Å². The minimum Gasteiger partial charge on any atom is -0.356 e. The van der Waals surface area contributed by atoms with Gasteiger partial charge in [-0.1, -0.05) is 47.0 Å². The maximum atomic E-state index is 4.37. The van der Waals surface area contributed by atoms with Crippen molar-refractivity contribution in [3.63, 3.8) is 0 Å². The summed E-state index contributed by atoms with van der Waals surface area (Å²) in [5.74, 6) is 1.72. The zero-order chi connectivity index (χ0) is 16.4. The maximum absolute atomic E-state index is 4.37. The molecule has 4 heteroatoms. The average Bonchev–Trinajstić information content (AvgIpc) is 2.95. The van der Waals surface area contributed by atoms with Crippen LogP contribution in [0.5, 0.6) is 0 Å². The first-order chi connectivity index (χ1) is 10.5. The molecule has 1 aliphatic rings. The van der Waals surface area contributed by atoms with Crippen molar-refractivity contribution in [1.29, 1.82) is 0 Å². The van der Waals surface area contributed by atoms with Gasteiger partial charge in [0.15, 0.2) is 5.96 Å². The second kappa shape index (κ2) is 10.1. The van der Waals surface area contributed by atoms with Crippen molar-refractivity contribution in [2.24, 2.45) is 16.3 Å². The van der Waals surface area contributed by atoms with Gasteiger partial charge in [-0.05, 0) is 37.3 Å². The summed E-state index contributed by atoms with van der Waals surface area (Å²) in [6.07, 6.45) is 6.54. The number of unbranched alkanes of at least 4 members (excludes halogenated alkanes) is 2. The van der Waals surface area contributed by atoms with Crippen LogP contribution in [0.4, 0.5) is 0 Å². The molecule has 2 N–H and O–H groups in total. The van der Waals surface area contributed by atoms with E-state index in [0.717, 1.165) is 25.0 Å². The monoisotopic (exact) mass is 310 g/mol. The number of nitrogens with zero attached hydrogens (tertiary/aromatic N) is 2. The highest BCUT2D eigenvalue weighted by atomic mass is 15.2. The molecule has 4 nitrogen and oxygen atoms in total. The summed E-state index contributed by atoms with van der Waals surface area (Å²) in [5.41, 5.74) is 0.332. The first-order valence-corrected chi connectivity index (χ1v) is 9.17. The Kier molecular flexibility index (Phi) is 8.84. The quantitative estimate of drug-likeness (QED) is 0.390. The van der Waals surface area contributed by atoms with Crippen LogP contribution in [0.2, 0.25) is 0 Å². The summed E-state index contributed by atoms with van der Waals surface area (Å²) >= 11 is 0. The van der Waals surface area contributed by atoms with Crippen molar-refractivity contribution < 1.29 is 0 Å². The van der Waals surface area contributed by atoms with Crippen molar-refractivity contribution in [2.75, 3.05) is 39.8 Å². The number of hydrogen-bond acceptors (Lipinski definition) is 2. The molecule has 1 atom stereocenters. The molecule has 0 radical (unpaired) electrons. The molecule has 1 fully saturated rings. The third kappa shape index (κ3) is 7.48. The molecule has 22 heavy (non-hydrogen) atoms. The zero-order valence-corrected chi connectivity index (χ0v) is 15.5. The summed E-state index contributed by atoms with van der Waals surface area (Å²) in [4.78, 5) is 6.90. The Morgan fingerprint density at radius 2 is 2.00 bits per heavy atom. The summed E-state index contributed by atoms with van der Waals surface area (Å²) in [5, 5.41) is 7.02. The summed E-state index contributed by atoms with van der Waals surface area (Å²) in [6, 6.07) is 0. The van der Waals surface area contributed by atoms with E-state index in [2.05, 4.69) is 48.2 Å². The lowest BCUT2D eigenvalue weighted by Crippen LogP contribution is -2.43. The smallest absolute Gasteiger partial charge is 0.191 e. The van der Waals surface area contributed by atoms with E-state index in [1.165, 1.54) is 51.7 Å². The summed E-state index contributed by atoms with van der Waals surface area (Å²) in [7, 11) is 1.87. The highest BCUT2D eigenvalue weighted by molar-refractivity contribution is 5.79. The van der Waals surface area contributed by atoms with Crippen LogP contribution in [0.1, 0.15) is 59.8 Å². The second-order valence-electron chi connectivity index (χ2n) is 7.48. The lowest BCUT2D eigenvalue weighted by atomic mass is 9.87. The topological polar surface area (TPSA) is 39.7 Å². The molecule has 1 saturated heterocycles. The number of aliphatic imine (C=N–C) groups is 1. The van der Waals surface area contributed by atoms with Gasteiger partial charge in [-0.15, -0.1) is 0 Å². The van der Waals surface area contributed by atoms with Crippen LogP contribution in [-0.4, -0.2) is 50.6 Å². The number of rotatable bonds is 9. The molecule has 1 aliphatic heterocycles. The predicted molar refractivity (Wildman–Crippen MR) is 97.5 cm³/mol. The molecule has 0 aromatic carbocycles. The van der Waals surface area contributed by atoms with Crippen molar-refractivity contribution >= 4 is 5.96 Å². The van der Waals surface area contributed by atoms with Gasteiger partial charge >= 0.3 is 0 Å². The number of nitrogens with one attached hydrogen (secondary N) is 2. The van der Waals surface area contributed by atoms with Crippen LogP contribution >= 0.6 is 0 Å². The maximum Gasteiger partial charge on any atom is 0.191 e. The van der Waals surface area contributed by atoms with E-state index >= 15 is 0 Å². The predicted octanol–water partition coefficient (Wildman–Crippen LogP) is 3.10. The number of likely N-dealkylation sites (tertiary alicyclic amines) is 1. The van der Waals surface area contributed by atoms with E-state index in [4.69, 9.17) is 0 Å². The molecule has 1 rings (SSSR count). The van der Waals surface area contributed by atoms with Gasteiger partial charge in [0.25, 0.3) is 0 Å². The van der Waals surface area contributed by atoms with Gasteiger partial charge in [-0.25, -0.2) is 0 Å². The van der Waals surface area contributed by atoms with Crippen molar-refractivity contribution in [2.45, 2.75) is 59.8 Å². The van der Waals surface area contributed by atoms with Crippen LogP contribution in [0.25, 0.3) is 0 Å². The molecule has 1 heterocycles. The lowest BCUT2D eigenvalue weighted by Gasteiger charge is -2.26. The lowest BCUT2D eigenvalue weighted by molar-refractivity contribution is 0.318. The minimum absolute atomic E-state index is 0.332. The standard InChI is InChI=1S/C18H38N4/c1-6-8-9-11-18(3,4)15-21-17(19-5)20-13-16-10-12-22(7-2)14-16/h16H,6-15H2,1-5H3,(H2,19,20,21). The Morgan fingerprint density at radius 3 is 2.59 bits per heavy atom. The Balaban J connectivity index is 2.24. The molecule has 130 valence electrons. The first kappa shape index (κ1) is 19.3. The van der Waals surface area contributed by atoms with Gasteiger partial charge in [-0.3, -0.25) is 4.99 Å². The van der Waals surface area contributed by atoms with E-state index in [9.17, 15) is 0 Å². The average molecular weight is 311 g/mol. The van der Waals surface area contributed by atoms with Crippen LogP contribution in [-0.2, 0) is 0 Å². The fourth-order valence-corrected chi connectivity index (χ4v) is 3.09. The van der Waals surface area contributed by atoms with Gasteiger partial charge in [0.05, 0.1) is 0 Å². The number of hydrogen-bond donors (Lipinski definition) is 2. The normalized spacial score (nSPS) is 20.4. The second-order valence-corrected chi connectivity index (χ2v) is 7.48. The molecule has 0 amide bonds. The minimum atomic E-state index is 0.332. The SMILES string of the molecule is CCCCCC(C)(C)CNC(=NC)NCC1CCN(CC)C1. The third-order valence-electron chi connectivity index (χ3n) is 4.79. The van der Waals surface area contributed by atoms with E-state index in [1.54, 1.807) is 0 Å². The summed E-state index contributed by atoms with van der Waals surface area (Å²) < 4.78 is 0. The Labute approximate surface area is 138 Å². The zero-order valence-electron chi connectivity index (χ0n) is 15.5. The molecule has 1 unspecified atom stereocenters. The van der Waals surface area contributed by atoms with E-state index in [-0.39, 0.29) is 0 Å². The van der Waals surface area contributed by atoms with Gasteiger partial charge in [0.1, 0.15) is 0 Å². The Hall–Kier alpha value is -0.770. The van der Waals surface area contributed by atoms with E-state index in [0.29, 0.717) is 5.41 Å². The molecule has 0 spiro atoms. The van der Waals surface area contributed by atoms with Crippen molar-refractivity contribution in [3.8, 4) is 0 Å². The van der Waals surface area contributed by atoms with Gasteiger partial charge < -0.3 is 15.5 Å². The fraction of sp³-hybridized carbons (Fsp3) is 0.944. The molecule has 0 bridgehead atoms. The first-order valence-electron chi connectivity index (χ1n) is 9.17. The van der Waals surface area contributed by atoms with E-state index < -0.39 is 0 Å². The Bertz CT molecular complexity index is 325. The van der Waals surface area contributed by atoms with Crippen LogP contribution in [0.3, 0.4) is 0 Å². The number of guanidine groups is 1. The molecule has 0 aromatic rings. The summed E-state index contributed by atoms with van der Waals surface area (Å²) in [6.45, 7) is 14.9. The molecule has 0 aliphatic carbocycles. The molecular weight excluding hydrogens is 272 g/mol. The van der Waals surface area contributed by atoms with Crippen molar-refractivity contribution in [3.05, 3.63) is 0 Å². The fourth-order valence-electron chi connectivity index (χ4n) is 3.09. The molecule has 0 aromatic heterocycles. The Morgan fingerprint density at radius 1 is 1.23 bits per heavy atom. The largest absolute Gasteiger partial charge is 0.356 e. The van der Waals surface area contributed by atoms with Gasteiger partial charge in [-0.2, -0.15) is 0 Å². The van der Waals surface area contributed by atoms with Crippen LogP contribution < -0.4 is 10.6 Å². The highest BCUT2D eigenvalue weighted by Gasteiger charge is 2.21. The molecule has 0 saturated carbocycles. The highest BCUT2D eigenvalue weighted by Crippen LogP contribution is 2.22. The van der Waals surface area contributed by atoms with Gasteiger partial charge in [0, 0.05) is 26.7 Å². The van der Waals surface area contributed by atoms with E-state index in [1.807, 2.05) is 7.05 Å². The molecular formula is C18H38N4. The third-order valence-corrected chi connectivity index (χ3v) is 4.79.